The van der Waals surface area contributed by atoms with Gasteiger partial charge >= 0.3 is 0 Å². The van der Waals surface area contributed by atoms with Crippen molar-refractivity contribution in [2.24, 2.45) is 0 Å². The molecule has 4 nitrogen and oxygen atoms in total. The maximum Gasteiger partial charge on any atom is 0.274 e. The van der Waals surface area contributed by atoms with Gasteiger partial charge in [0.1, 0.15) is 5.75 Å². The van der Waals surface area contributed by atoms with Crippen LogP contribution in [0.25, 0.3) is 22.1 Å². The Morgan fingerprint density at radius 3 is 2.88 bits per heavy atom. The van der Waals surface area contributed by atoms with Crippen molar-refractivity contribution in [3.63, 3.8) is 0 Å². The maximum atomic E-state index is 12.8. The molecule has 0 aliphatic heterocycles. The molecular weight excluding hydrogens is 412 g/mol. The number of hydrogen-bond acceptors (Lipinski definition) is 4. The minimum Gasteiger partial charge on any atom is -0.490 e. The van der Waals surface area contributed by atoms with Gasteiger partial charge in [-0.1, -0.05) is 36.5 Å². The van der Waals surface area contributed by atoms with Gasteiger partial charge < -0.3 is 4.74 Å². The van der Waals surface area contributed by atoms with Crippen LogP contribution in [0.1, 0.15) is 25.8 Å². The molecule has 0 saturated carbocycles. The number of thiazole rings is 1. The largest absolute Gasteiger partial charge is 0.490 e. The zero-order chi connectivity index (χ0) is 18.3. The van der Waals surface area contributed by atoms with E-state index in [0.29, 0.717) is 4.53 Å². The SMILES string of the molecule is CCC(C)Oc1ccc(/C=c2\sc3nc4ccccc4n3c2=O)cc1Br. The second-order valence-corrected chi connectivity index (χ2v) is 8.02. The third-order valence-corrected chi connectivity index (χ3v) is 5.89. The molecule has 0 fully saturated rings. The molecule has 132 valence electrons. The van der Waals surface area contributed by atoms with E-state index in [-0.39, 0.29) is 11.7 Å². The molecule has 0 saturated heterocycles. The zero-order valence-corrected chi connectivity index (χ0v) is 16.8. The van der Waals surface area contributed by atoms with Crippen molar-refractivity contribution in [1.82, 2.24) is 9.38 Å². The number of aromatic nitrogens is 2. The molecule has 0 aliphatic carbocycles. The summed E-state index contributed by atoms with van der Waals surface area (Å²) < 4.78 is 9.10. The molecule has 0 N–H and O–H groups in total. The Labute approximate surface area is 162 Å². The van der Waals surface area contributed by atoms with Crippen molar-refractivity contribution in [2.75, 3.05) is 0 Å². The van der Waals surface area contributed by atoms with Gasteiger partial charge in [-0.05, 0) is 65.2 Å². The summed E-state index contributed by atoms with van der Waals surface area (Å²) in [6, 6.07) is 13.6. The zero-order valence-electron chi connectivity index (χ0n) is 14.4. The van der Waals surface area contributed by atoms with Crippen LogP contribution >= 0.6 is 27.3 Å². The normalized spacial score (nSPS) is 13.6. The molecule has 2 aromatic heterocycles. The highest BCUT2D eigenvalue weighted by Gasteiger charge is 2.11. The topological polar surface area (TPSA) is 43.6 Å². The molecule has 4 aromatic rings. The molecule has 1 atom stereocenters. The minimum atomic E-state index is -0.0326. The van der Waals surface area contributed by atoms with E-state index in [1.54, 1.807) is 4.40 Å². The number of benzene rings is 2. The van der Waals surface area contributed by atoms with Crippen LogP contribution in [-0.4, -0.2) is 15.5 Å². The lowest BCUT2D eigenvalue weighted by Gasteiger charge is -2.14. The molecule has 0 radical (unpaired) electrons. The van der Waals surface area contributed by atoms with Crippen LogP contribution in [0.2, 0.25) is 0 Å². The van der Waals surface area contributed by atoms with Gasteiger partial charge in [0.15, 0.2) is 4.96 Å². The molecule has 6 heteroatoms. The minimum absolute atomic E-state index is 0.0326. The fraction of sp³-hybridized carbons (Fsp3) is 0.200. The lowest BCUT2D eigenvalue weighted by atomic mass is 10.2. The average Bonchev–Trinajstić information content (AvgIpc) is 3.14. The summed E-state index contributed by atoms with van der Waals surface area (Å²) in [5.41, 5.74) is 2.60. The lowest BCUT2D eigenvalue weighted by Crippen LogP contribution is -2.22. The van der Waals surface area contributed by atoms with Crippen LogP contribution in [0.15, 0.2) is 51.7 Å². The van der Waals surface area contributed by atoms with Crippen LogP contribution < -0.4 is 14.8 Å². The van der Waals surface area contributed by atoms with Gasteiger partial charge in [0.05, 0.1) is 26.1 Å². The van der Waals surface area contributed by atoms with E-state index in [1.165, 1.54) is 11.3 Å². The quantitative estimate of drug-likeness (QED) is 0.483. The van der Waals surface area contributed by atoms with Gasteiger partial charge in [0.25, 0.3) is 5.56 Å². The Bertz CT molecular complexity index is 1210. The third-order valence-electron chi connectivity index (χ3n) is 4.30. The van der Waals surface area contributed by atoms with E-state index in [4.69, 9.17) is 4.74 Å². The number of ether oxygens (including phenoxy) is 1. The van der Waals surface area contributed by atoms with Crippen LogP contribution in [0.4, 0.5) is 0 Å². The van der Waals surface area contributed by atoms with E-state index < -0.39 is 0 Å². The van der Waals surface area contributed by atoms with Crippen molar-refractivity contribution >= 4 is 49.3 Å². The molecule has 0 amide bonds. The van der Waals surface area contributed by atoms with Gasteiger partial charge in [-0.3, -0.25) is 4.79 Å². The highest BCUT2D eigenvalue weighted by molar-refractivity contribution is 9.10. The monoisotopic (exact) mass is 428 g/mol. The Morgan fingerprint density at radius 1 is 1.31 bits per heavy atom. The smallest absolute Gasteiger partial charge is 0.274 e. The first kappa shape index (κ1) is 17.2. The van der Waals surface area contributed by atoms with Gasteiger partial charge in [0, 0.05) is 0 Å². The van der Waals surface area contributed by atoms with Crippen molar-refractivity contribution in [3.05, 3.63) is 67.4 Å². The number of rotatable bonds is 4. The molecule has 2 aromatic carbocycles. The molecule has 4 rings (SSSR count). The number of hydrogen-bond donors (Lipinski definition) is 0. The standard InChI is InChI=1S/C20H17BrN2O2S/c1-3-12(2)25-17-9-8-13(10-14(17)21)11-18-19(24)23-16-7-5-4-6-15(16)22-20(23)26-18/h4-12H,3H2,1-2H3/b18-11-. The Morgan fingerprint density at radius 2 is 2.12 bits per heavy atom. The predicted octanol–water partition coefficient (Wildman–Crippen LogP) is 4.40. The molecule has 26 heavy (non-hydrogen) atoms. The Balaban J connectivity index is 1.78. The summed E-state index contributed by atoms with van der Waals surface area (Å²) in [7, 11) is 0. The summed E-state index contributed by atoms with van der Waals surface area (Å²) in [4.78, 5) is 18.1. The number of para-hydroxylation sites is 2. The van der Waals surface area contributed by atoms with Crippen molar-refractivity contribution in [2.45, 2.75) is 26.4 Å². The van der Waals surface area contributed by atoms with Crippen LogP contribution in [0.5, 0.6) is 5.75 Å². The summed E-state index contributed by atoms with van der Waals surface area (Å²) in [5.74, 6) is 0.811. The number of nitrogens with zero attached hydrogens (tertiary/aromatic N) is 2. The Hall–Kier alpha value is -2.18. The molecule has 0 aliphatic rings. The fourth-order valence-corrected chi connectivity index (χ4v) is 4.24. The first-order valence-electron chi connectivity index (χ1n) is 8.44. The molecule has 1 unspecified atom stereocenters. The van der Waals surface area contributed by atoms with E-state index in [9.17, 15) is 4.79 Å². The summed E-state index contributed by atoms with van der Waals surface area (Å²) in [5, 5.41) is 0. The number of halogens is 1. The summed E-state index contributed by atoms with van der Waals surface area (Å²) in [6.07, 6.45) is 3.00. The van der Waals surface area contributed by atoms with Crippen LogP contribution in [-0.2, 0) is 0 Å². The predicted molar refractivity (Wildman–Crippen MR) is 110 cm³/mol. The third kappa shape index (κ3) is 3.04. The van der Waals surface area contributed by atoms with Gasteiger partial charge in [0.2, 0.25) is 0 Å². The van der Waals surface area contributed by atoms with E-state index in [1.807, 2.05) is 55.5 Å². The first-order chi connectivity index (χ1) is 12.6. The van der Waals surface area contributed by atoms with Crippen LogP contribution in [0.3, 0.4) is 0 Å². The molecule has 0 bridgehead atoms. The second-order valence-electron chi connectivity index (χ2n) is 6.16. The Kier molecular flexibility index (Phi) is 4.54. The second kappa shape index (κ2) is 6.85. The van der Waals surface area contributed by atoms with E-state index >= 15 is 0 Å². The van der Waals surface area contributed by atoms with Gasteiger partial charge in [-0.25, -0.2) is 9.38 Å². The number of imidazole rings is 1. The summed E-state index contributed by atoms with van der Waals surface area (Å²) >= 11 is 4.97. The van der Waals surface area contributed by atoms with Crippen LogP contribution in [0, 0.1) is 0 Å². The molecule has 0 spiro atoms. The molecular formula is C20H17BrN2O2S. The van der Waals surface area contributed by atoms with Crippen molar-refractivity contribution < 1.29 is 4.74 Å². The molecule has 2 heterocycles. The highest BCUT2D eigenvalue weighted by atomic mass is 79.9. The van der Waals surface area contributed by atoms with E-state index in [2.05, 4.69) is 27.8 Å². The van der Waals surface area contributed by atoms with Crippen molar-refractivity contribution in [1.29, 1.82) is 0 Å². The van der Waals surface area contributed by atoms with E-state index in [0.717, 1.165) is 38.2 Å². The van der Waals surface area contributed by atoms with Gasteiger partial charge in [-0.15, -0.1) is 0 Å². The maximum absolute atomic E-state index is 12.8. The first-order valence-corrected chi connectivity index (χ1v) is 10.1. The highest BCUT2D eigenvalue weighted by Crippen LogP contribution is 2.27. The van der Waals surface area contributed by atoms with Gasteiger partial charge in [-0.2, -0.15) is 0 Å². The van der Waals surface area contributed by atoms with Crippen molar-refractivity contribution in [3.8, 4) is 5.75 Å². The average molecular weight is 429 g/mol. The number of fused-ring (bicyclic) bond motifs is 3. The summed E-state index contributed by atoms with van der Waals surface area (Å²) in [6.45, 7) is 4.13. The lowest BCUT2D eigenvalue weighted by molar-refractivity contribution is 0.216. The fourth-order valence-electron chi connectivity index (χ4n) is 2.77.